The summed E-state index contributed by atoms with van der Waals surface area (Å²) in [7, 11) is 0. The van der Waals surface area contributed by atoms with E-state index in [4.69, 9.17) is 5.11 Å². The molecule has 1 aliphatic heterocycles. The molecule has 2 heterocycles. The fourth-order valence-electron chi connectivity index (χ4n) is 2.47. The molecule has 0 spiro atoms. The fraction of sp³-hybridized carbons (Fsp3) is 0.533. The van der Waals surface area contributed by atoms with E-state index in [1.165, 1.54) is 17.8 Å². The van der Waals surface area contributed by atoms with Crippen molar-refractivity contribution in [2.24, 2.45) is 0 Å². The quantitative estimate of drug-likeness (QED) is 0.820. The van der Waals surface area contributed by atoms with E-state index in [1.54, 1.807) is 11.4 Å². The minimum Gasteiger partial charge on any atom is -0.384 e. The van der Waals surface area contributed by atoms with Gasteiger partial charge in [-0.2, -0.15) is 0 Å². The summed E-state index contributed by atoms with van der Waals surface area (Å²) in [6, 6.07) is 2.51. The molecule has 5 heteroatoms. The average Bonchev–Trinajstić information content (AvgIpc) is 2.89. The highest BCUT2D eigenvalue weighted by molar-refractivity contribution is 7.10. The number of hydrogen-bond donors (Lipinski definition) is 2. The van der Waals surface area contributed by atoms with E-state index in [2.05, 4.69) is 36.1 Å². The van der Waals surface area contributed by atoms with Crippen molar-refractivity contribution in [1.82, 2.24) is 10.4 Å². The molecular weight excluding hydrogens is 272 g/mol. The van der Waals surface area contributed by atoms with E-state index in [0.717, 1.165) is 17.7 Å². The van der Waals surface area contributed by atoms with Gasteiger partial charge in [-0.05, 0) is 32.8 Å². The van der Waals surface area contributed by atoms with Gasteiger partial charge in [0.2, 0.25) is 0 Å². The third-order valence-electron chi connectivity index (χ3n) is 3.58. The normalized spacial score (nSPS) is 22.9. The van der Waals surface area contributed by atoms with Crippen molar-refractivity contribution in [3.8, 4) is 11.8 Å². The van der Waals surface area contributed by atoms with Crippen LogP contribution in [0.5, 0.6) is 0 Å². The van der Waals surface area contributed by atoms with E-state index in [0.29, 0.717) is 17.6 Å². The fourth-order valence-corrected chi connectivity index (χ4v) is 3.23. The van der Waals surface area contributed by atoms with Gasteiger partial charge < -0.3 is 5.11 Å². The lowest BCUT2D eigenvalue weighted by atomic mass is 10.00. The molecule has 108 valence electrons. The third kappa shape index (κ3) is 3.60. The predicted molar refractivity (Wildman–Crippen MR) is 80.4 cm³/mol. The summed E-state index contributed by atoms with van der Waals surface area (Å²) in [5.74, 6) is 5.32. The summed E-state index contributed by atoms with van der Waals surface area (Å²) in [4.78, 5) is 13.0. The molecule has 20 heavy (non-hydrogen) atoms. The summed E-state index contributed by atoms with van der Waals surface area (Å²) >= 11 is 1.42. The van der Waals surface area contributed by atoms with Gasteiger partial charge in [-0.1, -0.05) is 18.3 Å². The number of carbonyl (C=O) groups excluding carboxylic acids is 1. The Hall–Kier alpha value is -1.35. The Balaban J connectivity index is 2.02. The highest BCUT2D eigenvalue weighted by Gasteiger charge is 2.26. The molecule has 0 bridgehead atoms. The van der Waals surface area contributed by atoms with Crippen LogP contribution in [0.4, 0.5) is 0 Å². The number of aliphatic hydroxyl groups excluding tert-OH is 1. The maximum absolute atomic E-state index is 12.2. The van der Waals surface area contributed by atoms with E-state index in [9.17, 15) is 4.79 Å². The van der Waals surface area contributed by atoms with Crippen LogP contribution >= 0.6 is 11.3 Å². The predicted octanol–water partition coefficient (Wildman–Crippen LogP) is 2.00. The monoisotopic (exact) mass is 292 g/mol. The van der Waals surface area contributed by atoms with Crippen LogP contribution in [0.2, 0.25) is 0 Å². The van der Waals surface area contributed by atoms with Crippen LogP contribution in [0.3, 0.4) is 0 Å². The van der Waals surface area contributed by atoms with Gasteiger partial charge in [0.1, 0.15) is 6.61 Å². The lowest BCUT2D eigenvalue weighted by Crippen LogP contribution is -2.54. The van der Waals surface area contributed by atoms with Crippen LogP contribution in [-0.2, 0) is 0 Å². The SMILES string of the molecule is CC1CCCC(C)N1NC(=O)c1csc(C#CCO)c1. The van der Waals surface area contributed by atoms with Crippen LogP contribution in [0.15, 0.2) is 11.4 Å². The van der Waals surface area contributed by atoms with Crippen molar-refractivity contribution < 1.29 is 9.90 Å². The van der Waals surface area contributed by atoms with Gasteiger partial charge in [-0.3, -0.25) is 10.2 Å². The van der Waals surface area contributed by atoms with Crippen molar-refractivity contribution in [1.29, 1.82) is 0 Å². The zero-order chi connectivity index (χ0) is 14.5. The third-order valence-corrected chi connectivity index (χ3v) is 4.42. The molecule has 1 amide bonds. The maximum Gasteiger partial charge on any atom is 0.266 e. The van der Waals surface area contributed by atoms with Gasteiger partial charge in [0.15, 0.2) is 0 Å². The van der Waals surface area contributed by atoms with Gasteiger partial charge in [-0.25, -0.2) is 5.01 Å². The van der Waals surface area contributed by atoms with E-state index >= 15 is 0 Å². The van der Waals surface area contributed by atoms with Gasteiger partial charge in [0.25, 0.3) is 5.91 Å². The first-order valence-electron chi connectivity index (χ1n) is 6.89. The van der Waals surface area contributed by atoms with E-state index in [-0.39, 0.29) is 12.5 Å². The van der Waals surface area contributed by atoms with Crippen molar-refractivity contribution in [2.75, 3.05) is 6.61 Å². The summed E-state index contributed by atoms with van der Waals surface area (Å²) in [5.41, 5.74) is 3.63. The van der Waals surface area contributed by atoms with Crippen LogP contribution in [0.25, 0.3) is 0 Å². The molecule has 1 saturated heterocycles. The van der Waals surface area contributed by atoms with Gasteiger partial charge in [0, 0.05) is 17.5 Å². The Morgan fingerprint density at radius 1 is 1.50 bits per heavy atom. The second-order valence-electron chi connectivity index (χ2n) is 5.14. The molecule has 0 saturated carbocycles. The van der Waals surface area contributed by atoms with E-state index in [1.807, 2.05) is 0 Å². The minimum absolute atomic E-state index is 0.0844. The zero-order valence-corrected chi connectivity index (χ0v) is 12.7. The maximum atomic E-state index is 12.2. The molecule has 2 N–H and O–H groups in total. The first-order chi connectivity index (χ1) is 9.61. The summed E-state index contributed by atoms with van der Waals surface area (Å²) in [6.45, 7) is 4.12. The molecule has 1 aliphatic rings. The van der Waals surface area contributed by atoms with Gasteiger partial charge in [-0.15, -0.1) is 11.3 Å². The Morgan fingerprint density at radius 3 is 2.85 bits per heavy atom. The second-order valence-corrected chi connectivity index (χ2v) is 6.05. The molecule has 0 aromatic carbocycles. The average molecular weight is 292 g/mol. The molecule has 1 fully saturated rings. The first kappa shape index (κ1) is 15.0. The number of hydrogen-bond acceptors (Lipinski definition) is 4. The Kier molecular flexibility index (Phi) is 5.18. The van der Waals surface area contributed by atoms with Gasteiger partial charge in [0.05, 0.1) is 10.4 Å². The van der Waals surface area contributed by atoms with Crippen molar-refractivity contribution in [2.45, 2.75) is 45.2 Å². The standard InChI is InChI=1S/C15H20N2O2S/c1-11-5-3-6-12(2)17(11)16-15(19)13-9-14(20-10-13)7-4-8-18/h9-12,18H,3,5-6,8H2,1-2H3,(H,16,19). The molecule has 2 atom stereocenters. The van der Waals surface area contributed by atoms with Gasteiger partial charge >= 0.3 is 0 Å². The molecule has 1 aromatic rings. The van der Waals surface area contributed by atoms with Crippen molar-refractivity contribution in [3.63, 3.8) is 0 Å². The van der Waals surface area contributed by atoms with Crippen LogP contribution in [0.1, 0.15) is 48.3 Å². The molecule has 4 nitrogen and oxygen atoms in total. The van der Waals surface area contributed by atoms with Crippen molar-refractivity contribution >= 4 is 17.2 Å². The number of aliphatic hydroxyl groups is 1. The Bertz CT molecular complexity index is 519. The largest absolute Gasteiger partial charge is 0.384 e. The molecule has 2 rings (SSSR count). The number of amides is 1. The van der Waals surface area contributed by atoms with E-state index < -0.39 is 0 Å². The lowest BCUT2D eigenvalue weighted by molar-refractivity contribution is 0.0370. The number of rotatable bonds is 2. The Morgan fingerprint density at radius 2 is 2.20 bits per heavy atom. The summed E-state index contributed by atoms with van der Waals surface area (Å²) in [5, 5.41) is 12.5. The second kappa shape index (κ2) is 6.89. The smallest absolute Gasteiger partial charge is 0.266 e. The number of hydrazine groups is 1. The van der Waals surface area contributed by atoms with Crippen LogP contribution < -0.4 is 5.43 Å². The first-order valence-corrected chi connectivity index (χ1v) is 7.77. The number of nitrogens with zero attached hydrogens (tertiary/aromatic N) is 1. The summed E-state index contributed by atoms with van der Waals surface area (Å²) < 4.78 is 0. The molecule has 0 radical (unpaired) electrons. The van der Waals surface area contributed by atoms with Crippen LogP contribution in [-0.4, -0.2) is 34.7 Å². The summed E-state index contributed by atoms with van der Waals surface area (Å²) in [6.07, 6.45) is 3.44. The molecule has 2 unspecified atom stereocenters. The lowest BCUT2D eigenvalue weighted by Gasteiger charge is -2.38. The number of thiophene rings is 1. The number of piperidine rings is 1. The Labute approximate surface area is 123 Å². The molecule has 0 aliphatic carbocycles. The topological polar surface area (TPSA) is 52.6 Å². The number of nitrogens with one attached hydrogen (secondary N) is 1. The highest BCUT2D eigenvalue weighted by atomic mass is 32.1. The number of carbonyl (C=O) groups is 1. The highest BCUT2D eigenvalue weighted by Crippen LogP contribution is 2.21. The van der Waals surface area contributed by atoms with Crippen LogP contribution in [0, 0.1) is 11.8 Å². The zero-order valence-electron chi connectivity index (χ0n) is 11.8. The minimum atomic E-state index is -0.164. The van der Waals surface area contributed by atoms with Crippen molar-refractivity contribution in [3.05, 3.63) is 21.9 Å². The molecular formula is C15H20N2O2S. The molecule has 1 aromatic heterocycles.